The molecular formula is C24H25N5O5. The molecule has 1 atom stereocenters. The minimum atomic E-state index is -1.17. The van der Waals surface area contributed by atoms with E-state index in [1.165, 1.54) is 10.9 Å². The maximum Gasteiger partial charge on any atom is 0.407 e. The number of ether oxygens (including phenoxy) is 1. The molecular weight excluding hydrogens is 438 g/mol. The van der Waals surface area contributed by atoms with Gasteiger partial charge >= 0.3 is 12.1 Å². The molecule has 0 saturated carbocycles. The SMILES string of the molecule is CCC(NC(=O)OCC1c2ccccc2-c2ccccc21)C(=O)NCCn1cc(C(=O)O)nn1. The van der Waals surface area contributed by atoms with E-state index in [0.717, 1.165) is 22.3 Å². The van der Waals surface area contributed by atoms with Gasteiger partial charge in [-0.2, -0.15) is 0 Å². The van der Waals surface area contributed by atoms with Crippen molar-refractivity contribution in [2.45, 2.75) is 31.8 Å². The second-order valence-corrected chi connectivity index (χ2v) is 7.89. The molecule has 1 heterocycles. The van der Waals surface area contributed by atoms with Gasteiger partial charge in [-0.25, -0.2) is 14.3 Å². The number of aromatic nitrogens is 3. The molecule has 4 rings (SSSR count). The predicted octanol–water partition coefficient (Wildman–Crippen LogP) is 2.41. The number of carbonyl (C=O) groups excluding carboxylic acids is 2. The molecule has 0 saturated heterocycles. The Hall–Kier alpha value is -4.21. The molecule has 0 fully saturated rings. The van der Waals surface area contributed by atoms with Crippen molar-refractivity contribution in [1.82, 2.24) is 25.6 Å². The molecule has 10 heteroatoms. The Morgan fingerprint density at radius 2 is 1.74 bits per heavy atom. The van der Waals surface area contributed by atoms with Crippen LogP contribution in [-0.2, 0) is 16.1 Å². The fraction of sp³-hybridized carbons (Fsp3) is 0.292. The Bertz CT molecular complexity index is 1160. The molecule has 1 aliphatic rings. The van der Waals surface area contributed by atoms with Gasteiger partial charge in [0.2, 0.25) is 5.91 Å². The molecule has 2 aromatic carbocycles. The first-order chi connectivity index (χ1) is 16.5. The van der Waals surface area contributed by atoms with Crippen LogP contribution in [-0.4, -0.2) is 57.3 Å². The fourth-order valence-electron chi connectivity index (χ4n) is 4.06. The van der Waals surface area contributed by atoms with E-state index >= 15 is 0 Å². The molecule has 0 bridgehead atoms. The summed E-state index contributed by atoms with van der Waals surface area (Å²) in [5, 5.41) is 21.4. The van der Waals surface area contributed by atoms with Crippen LogP contribution in [0.25, 0.3) is 11.1 Å². The third kappa shape index (κ3) is 4.90. The first kappa shape index (κ1) is 23.0. The van der Waals surface area contributed by atoms with Crippen LogP contribution in [0.15, 0.2) is 54.7 Å². The van der Waals surface area contributed by atoms with Crippen molar-refractivity contribution in [3.63, 3.8) is 0 Å². The van der Waals surface area contributed by atoms with Gasteiger partial charge in [0.25, 0.3) is 0 Å². The first-order valence-corrected chi connectivity index (χ1v) is 11.0. The quantitative estimate of drug-likeness (QED) is 0.443. The highest BCUT2D eigenvalue weighted by molar-refractivity contribution is 5.86. The number of amides is 2. The predicted molar refractivity (Wildman–Crippen MR) is 122 cm³/mol. The molecule has 1 unspecified atom stereocenters. The number of carboxylic acids is 1. The zero-order chi connectivity index (χ0) is 24.1. The smallest absolute Gasteiger partial charge is 0.407 e. The highest BCUT2D eigenvalue weighted by Gasteiger charge is 2.29. The molecule has 0 aliphatic heterocycles. The van der Waals surface area contributed by atoms with Gasteiger partial charge in [-0.05, 0) is 28.7 Å². The minimum absolute atomic E-state index is 0.0644. The van der Waals surface area contributed by atoms with Crippen molar-refractivity contribution in [3.05, 3.63) is 71.5 Å². The van der Waals surface area contributed by atoms with E-state index in [-0.39, 0.29) is 37.2 Å². The third-order valence-corrected chi connectivity index (χ3v) is 5.76. The highest BCUT2D eigenvalue weighted by Crippen LogP contribution is 2.44. The summed E-state index contributed by atoms with van der Waals surface area (Å²) in [6, 6.07) is 15.4. The topological polar surface area (TPSA) is 135 Å². The van der Waals surface area contributed by atoms with E-state index < -0.39 is 18.1 Å². The molecule has 0 spiro atoms. The van der Waals surface area contributed by atoms with Crippen molar-refractivity contribution in [3.8, 4) is 11.1 Å². The standard InChI is InChI=1S/C24H25N5O5/c1-2-20(22(30)25-11-12-29-13-21(23(31)32)27-28-29)26-24(33)34-14-19-17-9-5-3-7-15(17)16-8-4-6-10-18(16)19/h3-10,13,19-20H,2,11-12,14H2,1H3,(H,25,30)(H,26,33)(H,31,32). The summed E-state index contributed by atoms with van der Waals surface area (Å²) in [5.74, 6) is -1.60. The van der Waals surface area contributed by atoms with E-state index in [2.05, 4.69) is 33.1 Å². The maximum atomic E-state index is 12.5. The molecule has 0 radical (unpaired) electrons. The van der Waals surface area contributed by atoms with Crippen molar-refractivity contribution in [2.24, 2.45) is 0 Å². The number of nitrogens with one attached hydrogen (secondary N) is 2. The first-order valence-electron chi connectivity index (χ1n) is 11.0. The molecule has 1 aliphatic carbocycles. The largest absolute Gasteiger partial charge is 0.476 e. The fourth-order valence-corrected chi connectivity index (χ4v) is 4.06. The summed E-state index contributed by atoms with van der Waals surface area (Å²) in [6.07, 6.45) is 0.995. The second kappa shape index (κ2) is 10.2. The minimum Gasteiger partial charge on any atom is -0.476 e. The van der Waals surface area contributed by atoms with E-state index in [9.17, 15) is 14.4 Å². The number of benzene rings is 2. The summed E-state index contributed by atoms with van der Waals surface area (Å²) in [4.78, 5) is 35.8. The number of carboxylic acid groups (broad SMARTS) is 1. The van der Waals surface area contributed by atoms with Crippen LogP contribution < -0.4 is 10.6 Å². The van der Waals surface area contributed by atoms with Crippen molar-refractivity contribution < 1.29 is 24.2 Å². The number of alkyl carbamates (subject to hydrolysis) is 1. The number of rotatable bonds is 9. The Morgan fingerprint density at radius 1 is 1.09 bits per heavy atom. The van der Waals surface area contributed by atoms with Gasteiger partial charge in [0, 0.05) is 12.5 Å². The Morgan fingerprint density at radius 3 is 2.32 bits per heavy atom. The van der Waals surface area contributed by atoms with Crippen LogP contribution in [0.1, 0.15) is 40.9 Å². The van der Waals surface area contributed by atoms with Crippen LogP contribution >= 0.6 is 0 Å². The Kier molecular flexibility index (Phi) is 6.86. The maximum absolute atomic E-state index is 12.5. The van der Waals surface area contributed by atoms with Crippen LogP contribution in [0.4, 0.5) is 4.79 Å². The van der Waals surface area contributed by atoms with Gasteiger partial charge in [-0.1, -0.05) is 60.7 Å². The summed E-state index contributed by atoms with van der Waals surface area (Å²) in [5.41, 5.74) is 4.33. The third-order valence-electron chi connectivity index (χ3n) is 5.76. The Labute approximate surface area is 195 Å². The van der Waals surface area contributed by atoms with E-state index in [0.29, 0.717) is 6.42 Å². The number of hydrogen-bond donors (Lipinski definition) is 3. The average Bonchev–Trinajstić information content (AvgIpc) is 3.44. The van der Waals surface area contributed by atoms with Gasteiger partial charge in [0.05, 0.1) is 12.7 Å². The van der Waals surface area contributed by atoms with Crippen LogP contribution in [0.5, 0.6) is 0 Å². The zero-order valence-corrected chi connectivity index (χ0v) is 18.6. The van der Waals surface area contributed by atoms with Gasteiger partial charge in [0.15, 0.2) is 5.69 Å². The average molecular weight is 463 g/mol. The van der Waals surface area contributed by atoms with Crippen molar-refractivity contribution >= 4 is 18.0 Å². The summed E-state index contributed by atoms with van der Waals surface area (Å²) in [6.45, 7) is 2.39. The summed E-state index contributed by atoms with van der Waals surface area (Å²) < 4.78 is 6.84. The normalized spacial score (nSPS) is 13.0. The monoisotopic (exact) mass is 463 g/mol. The van der Waals surface area contributed by atoms with E-state index in [1.54, 1.807) is 6.92 Å². The molecule has 1 aromatic heterocycles. The molecule has 10 nitrogen and oxygen atoms in total. The van der Waals surface area contributed by atoms with Crippen molar-refractivity contribution in [2.75, 3.05) is 13.2 Å². The summed E-state index contributed by atoms with van der Waals surface area (Å²) in [7, 11) is 0. The van der Waals surface area contributed by atoms with Gasteiger partial charge in [0.1, 0.15) is 12.6 Å². The Balaban J connectivity index is 1.28. The van der Waals surface area contributed by atoms with Gasteiger partial charge in [-0.3, -0.25) is 4.79 Å². The molecule has 176 valence electrons. The van der Waals surface area contributed by atoms with Gasteiger partial charge in [-0.15, -0.1) is 5.10 Å². The summed E-state index contributed by atoms with van der Waals surface area (Å²) >= 11 is 0. The number of hydrogen-bond acceptors (Lipinski definition) is 6. The number of fused-ring (bicyclic) bond motifs is 3. The molecule has 34 heavy (non-hydrogen) atoms. The van der Waals surface area contributed by atoms with E-state index in [4.69, 9.17) is 9.84 Å². The lowest BCUT2D eigenvalue weighted by Gasteiger charge is -2.18. The van der Waals surface area contributed by atoms with Crippen LogP contribution in [0.2, 0.25) is 0 Å². The number of carbonyl (C=O) groups is 3. The second-order valence-electron chi connectivity index (χ2n) is 7.89. The van der Waals surface area contributed by atoms with Crippen LogP contribution in [0.3, 0.4) is 0 Å². The van der Waals surface area contributed by atoms with Gasteiger partial charge < -0.3 is 20.5 Å². The molecule has 2 amide bonds. The molecule has 3 aromatic rings. The lowest BCUT2D eigenvalue weighted by atomic mass is 9.98. The van der Waals surface area contributed by atoms with Crippen molar-refractivity contribution in [1.29, 1.82) is 0 Å². The van der Waals surface area contributed by atoms with Crippen LogP contribution in [0, 0.1) is 0 Å². The number of aromatic carboxylic acids is 1. The number of nitrogens with zero attached hydrogens (tertiary/aromatic N) is 3. The lowest BCUT2D eigenvalue weighted by Crippen LogP contribution is -2.47. The van der Waals surface area contributed by atoms with E-state index in [1.807, 2.05) is 36.4 Å². The highest BCUT2D eigenvalue weighted by atomic mass is 16.5. The molecule has 3 N–H and O–H groups in total. The lowest BCUT2D eigenvalue weighted by molar-refractivity contribution is -0.123. The zero-order valence-electron chi connectivity index (χ0n) is 18.6.